The van der Waals surface area contributed by atoms with Crippen molar-refractivity contribution in [2.75, 3.05) is 5.32 Å². The fraction of sp³-hybridized carbons (Fsp3) is 0.562. The van der Waals surface area contributed by atoms with E-state index in [0.717, 1.165) is 17.2 Å². The van der Waals surface area contributed by atoms with Gasteiger partial charge in [0.15, 0.2) is 0 Å². The van der Waals surface area contributed by atoms with Crippen molar-refractivity contribution in [2.24, 2.45) is 11.7 Å². The van der Waals surface area contributed by atoms with Crippen LogP contribution in [0.4, 0.5) is 5.69 Å². The lowest BCUT2D eigenvalue weighted by molar-refractivity contribution is 0.317. The zero-order valence-electron chi connectivity index (χ0n) is 11.9. The molecule has 3 heteroatoms. The fourth-order valence-corrected chi connectivity index (χ4v) is 3.31. The topological polar surface area (TPSA) is 38.0 Å². The van der Waals surface area contributed by atoms with Crippen LogP contribution in [0.25, 0.3) is 0 Å². The molecule has 1 aliphatic carbocycles. The van der Waals surface area contributed by atoms with Gasteiger partial charge in [0.25, 0.3) is 0 Å². The average molecular weight is 276 g/mol. The monoisotopic (exact) mass is 276 g/mol. The molecule has 2 nitrogen and oxygen atoms in total. The Morgan fingerprint density at radius 1 is 1.37 bits per heavy atom. The number of nitrogens with two attached hydrogens (primary N) is 1. The number of hydrogen-bond acceptors (Lipinski definition) is 2. The molecule has 0 aromatic heterocycles. The maximum Gasteiger partial charge on any atom is 0.106 e. The van der Waals surface area contributed by atoms with Gasteiger partial charge in [0.05, 0.1) is 0 Å². The second-order valence-electron chi connectivity index (χ2n) is 5.57. The zero-order valence-corrected chi connectivity index (χ0v) is 12.7. The second kappa shape index (κ2) is 6.38. The van der Waals surface area contributed by atoms with Crippen LogP contribution in [0.15, 0.2) is 18.2 Å². The van der Waals surface area contributed by atoms with Crippen molar-refractivity contribution in [1.82, 2.24) is 0 Å². The molecule has 0 heterocycles. The van der Waals surface area contributed by atoms with Gasteiger partial charge < -0.3 is 11.1 Å². The van der Waals surface area contributed by atoms with E-state index in [1.165, 1.54) is 37.7 Å². The maximum atomic E-state index is 5.85. The first-order valence-electron chi connectivity index (χ1n) is 7.29. The first-order chi connectivity index (χ1) is 9.13. The highest BCUT2D eigenvalue weighted by Crippen LogP contribution is 2.31. The standard InChI is InChI=1S/C16H24N2S/c1-3-12-8-4-5-10-14(12)18-15-11(2)7-6-9-13(15)16(17)19/h6-7,9,12,14,18H,3-5,8,10H2,1-2H3,(H2,17,19). The Kier molecular flexibility index (Phi) is 4.81. The smallest absolute Gasteiger partial charge is 0.106 e. The van der Waals surface area contributed by atoms with Crippen LogP contribution in [-0.4, -0.2) is 11.0 Å². The van der Waals surface area contributed by atoms with Crippen LogP contribution < -0.4 is 11.1 Å². The van der Waals surface area contributed by atoms with Crippen molar-refractivity contribution in [1.29, 1.82) is 0 Å². The number of aryl methyl sites for hydroxylation is 1. The van der Waals surface area contributed by atoms with Crippen molar-refractivity contribution in [2.45, 2.75) is 52.0 Å². The molecule has 0 radical (unpaired) electrons. The van der Waals surface area contributed by atoms with Crippen molar-refractivity contribution in [3.05, 3.63) is 29.3 Å². The molecule has 0 amide bonds. The molecule has 19 heavy (non-hydrogen) atoms. The van der Waals surface area contributed by atoms with Crippen LogP contribution >= 0.6 is 12.2 Å². The number of nitrogens with one attached hydrogen (secondary N) is 1. The Labute approximate surface area is 121 Å². The molecule has 0 bridgehead atoms. The minimum Gasteiger partial charge on any atom is -0.389 e. The van der Waals surface area contributed by atoms with Gasteiger partial charge in [0.1, 0.15) is 4.99 Å². The highest BCUT2D eigenvalue weighted by atomic mass is 32.1. The number of anilines is 1. The van der Waals surface area contributed by atoms with Crippen LogP contribution in [0.5, 0.6) is 0 Å². The SMILES string of the molecule is CCC1CCCCC1Nc1c(C)cccc1C(N)=S. The minimum atomic E-state index is 0.482. The van der Waals surface area contributed by atoms with E-state index in [1.54, 1.807) is 0 Å². The summed E-state index contributed by atoms with van der Waals surface area (Å²) < 4.78 is 0. The van der Waals surface area contributed by atoms with Crippen LogP contribution in [0, 0.1) is 12.8 Å². The highest BCUT2D eigenvalue weighted by Gasteiger charge is 2.24. The summed E-state index contributed by atoms with van der Waals surface area (Å²) in [6.45, 7) is 4.41. The van der Waals surface area contributed by atoms with E-state index in [2.05, 4.69) is 25.2 Å². The van der Waals surface area contributed by atoms with Crippen LogP contribution in [0.1, 0.15) is 50.2 Å². The highest BCUT2D eigenvalue weighted by molar-refractivity contribution is 7.80. The van der Waals surface area contributed by atoms with Gasteiger partial charge in [0.2, 0.25) is 0 Å². The van der Waals surface area contributed by atoms with Gasteiger partial charge in [-0.05, 0) is 37.3 Å². The lowest BCUT2D eigenvalue weighted by atomic mass is 9.82. The molecular formula is C16H24N2S. The van der Waals surface area contributed by atoms with E-state index in [4.69, 9.17) is 18.0 Å². The Morgan fingerprint density at radius 3 is 2.79 bits per heavy atom. The van der Waals surface area contributed by atoms with Gasteiger partial charge in [-0.1, -0.05) is 50.5 Å². The first kappa shape index (κ1) is 14.3. The largest absolute Gasteiger partial charge is 0.389 e. The molecule has 0 aliphatic heterocycles. The summed E-state index contributed by atoms with van der Waals surface area (Å²) in [5, 5.41) is 3.73. The van der Waals surface area contributed by atoms with Gasteiger partial charge in [-0.3, -0.25) is 0 Å². The van der Waals surface area contributed by atoms with E-state index in [0.29, 0.717) is 11.0 Å². The third-order valence-electron chi connectivity index (χ3n) is 4.30. The number of rotatable bonds is 4. The number of para-hydroxylation sites is 1. The second-order valence-corrected chi connectivity index (χ2v) is 6.01. The average Bonchev–Trinajstić information content (AvgIpc) is 2.41. The third kappa shape index (κ3) is 3.27. The molecule has 0 saturated heterocycles. The summed E-state index contributed by atoms with van der Waals surface area (Å²) >= 11 is 5.17. The summed E-state index contributed by atoms with van der Waals surface area (Å²) in [7, 11) is 0. The van der Waals surface area contributed by atoms with E-state index >= 15 is 0 Å². The Morgan fingerprint density at radius 2 is 2.11 bits per heavy atom. The van der Waals surface area contributed by atoms with Gasteiger partial charge in [-0.15, -0.1) is 0 Å². The van der Waals surface area contributed by atoms with E-state index in [1.807, 2.05) is 12.1 Å². The number of hydrogen-bond donors (Lipinski definition) is 2. The van der Waals surface area contributed by atoms with Gasteiger partial charge in [-0.25, -0.2) is 0 Å². The summed E-state index contributed by atoms with van der Waals surface area (Å²) in [5.41, 5.74) is 9.20. The lowest BCUT2D eigenvalue weighted by Crippen LogP contribution is -2.33. The Balaban J connectivity index is 2.24. The predicted molar refractivity (Wildman–Crippen MR) is 86.7 cm³/mol. The van der Waals surface area contributed by atoms with Gasteiger partial charge in [0, 0.05) is 17.3 Å². The quantitative estimate of drug-likeness (QED) is 0.816. The maximum absolute atomic E-state index is 5.85. The van der Waals surface area contributed by atoms with Crippen molar-refractivity contribution >= 4 is 22.9 Å². The first-order valence-corrected chi connectivity index (χ1v) is 7.70. The molecule has 1 saturated carbocycles. The minimum absolute atomic E-state index is 0.482. The molecule has 0 spiro atoms. The van der Waals surface area contributed by atoms with Crippen molar-refractivity contribution in [3.63, 3.8) is 0 Å². The number of thiocarbonyl (C=S) groups is 1. The molecule has 104 valence electrons. The summed E-state index contributed by atoms with van der Waals surface area (Å²) in [4.78, 5) is 0.482. The molecule has 2 rings (SSSR count). The number of benzene rings is 1. The van der Waals surface area contributed by atoms with E-state index in [-0.39, 0.29) is 0 Å². The predicted octanol–water partition coefficient (Wildman–Crippen LogP) is 4.01. The fourth-order valence-electron chi connectivity index (χ4n) is 3.14. The Bertz CT molecular complexity index is 456. The van der Waals surface area contributed by atoms with Crippen LogP contribution in [-0.2, 0) is 0 Å². The molecule has 1 aliphatic rings. The summed E-state index contributed by atoms with van der Waals surface area (Å²) in [6.07, 6.45) is 6.52. The summed E-state index contributed by atoms with van der Waals surface area (Å²) in [5.74, 6) is 0.771. The lowest BCUT2D eigenvalue weighted by Gasteiger charge is -2.33. The molecule has 1 aromatic carbocycles. The molecular weight excluding hydrogens is 252 g/mol. The van der Waals surface area contributed by atoms with Crippen LogP contribution in [0.2, 0.25) is 0 Å². The molecule has 1 aromatic rings. The third-order valence-corrected chi connectivity index (χ3v) is 4.52. The molecule has 1 fully saturated rings. The van der Waals surface area contributed by atoms with E-state index < -0.39 is 0 Å². The van der Waals surface area contributed by atoms with Crippen molar-refractivity contribution < 1.29 is 0 Å². The van der Waals surface area contributed by atoms with Gasteiger partial charge in [-0.2, -0.15) is 0 Å². The Hall–Kier alpha value is -1.09. The summed E-state index contributed by atoms with van der Waals surface area (Å²) in [6, 6.07) is 6.72. The zero-order chi connectivity index (χ0) is 13.8. The molecule has 3 N–H and O–H groups in total. The normalized spacial score (nSPS) is 23.1. The van der Waals surface area contributed by atoms with Crippen molar-refractivity contribution in [3.8, 4) is 0 Å². The van der Waals surface area contributed by atoms with Gasteiger partial charge >= 0.3 is 0 Å². The molecule has 2 atom stereocenters. The van der Waals surface area contributed by atoms with Crippen LogP contribution in [0.3, 0.4) is 0 Å². The van der Waals surface area contributed by atoms with E-state index in [9.17, 15) is 0 Å². The molecule has 2 unspecified atom stereocenters.